The summed E-state index contributed by atoms with van der Waals surface area (Å²) in [5, 5.41) is 3.22. The Bertz CT molecular complexity index is 1100. The van der Waals surface area contributed by atoms with Crippen molar-refractivity contribution in [2.45, 2.75) is 13.8 Å². The van der Waals surface area contributed by atoms with E-state index in [0.717, 1.165) is 16.8 Å². The maximum atomic E-state index is 13.3. The fourth-order valence-corrected chi connectivity index (χ4v) is 3.37. The normalized spacial score (nSPS) is 14.0. The zero-order valence-corrected chi connectivity index (χ0v) is 15.8. The Hall–Kier alpha value is -3.66. The molecule has 1 aliphatic heterocycles. The molecule has 0 saturated heterocycles. The number of imide groups is 1. The Kier molecular flexibility index (Phi) is 4.53. The van der Waals surface area contributed by atoms with Crippen LogP contribution in [0.1, 0.15) is 16.7 Å². The minimum Gasteiger partial charge on any atom is -0.350 e. The molecule has 0 bridgehead atoms. The SMILES string of the molecule is Cc1cccc(N2C(=O)C(Nc3ccccc3C)=C(c3ccccc3)C2=O)c1. The Morgan fingerprint density at radius 3 is 2.18 bits per heavy atom. The summed E-state index contributed by atoms with van der Waals surface area (Å²) in [5.74, 6) is -0.671. The lowest BCUT2D eigenvalue weighted by Gasteiger charge is -2.16. The van der Waals surface area contributed by atoms with Crippen LogP contribution in [-0.2, 0) is 9.59 Å². The summed E-state index contributed by atoms with van der Waals surface area (Å²) in [6.07, 6.45) is 0. The van der Waals surface area contributed by atoms with Crippen molar-refractivity contribution >= 4 is 28.8 Å². The van der Waals surface area contributed by atoms with Gasteiger partial charge >= 0.3 is 0 Å². The Morgan fingerprint density at radius 1 is 0.750 bits per heavy atom. The number of carbonyl (C=O) groups is 2. The topological polar surface area (TPSA) is 49.4 Å². The van der Waals surface area contributed by atoms with Crippen molar-refractivity contribution in [1.82, 2.24) is 0 Å². The summed E-state index contributed by atoms with van der Waals surface area (Å²) in [6.45, 7) is 3.90. The minimum absolute atomic E-state index is 0.298. The molecular weight excluding hydrogens is 348 g/mol. The molecule has 0 aromatic heterocycles. The number of amides is 2. The number of rotatable bonds is 4. The minimum atomic E-state index is -0.349. The van der Waals surface area contributed by atoms with E-state index >= 15 is 0 Å². The van der Waals surface area contributed by atoms with Gasteiger partial charge in [0.15, 0.2) is 0 Å². The smallest absolute Gasteiger partial charge is 0.282 e. The predicted molar refractivity (Wildman–Crippen MR) is 112 cm³/mol. The van der Waals surface area contributed by atoms with E-state index in [0.29, 0.717) is 22.5 Å². The second-order valence-corrected chi connectivity index (χ2v) is 6.84. The Labute approximate surface area is 164 Å². The molecule has 3 aromatic carbocycles. The molecule has 1 N–H and O–H groups in total. The number of nitrogens with zero attached hydrogens (tertiary/aromatic N) is 1. The fourth-order valence-electron chi connectivity index (χ4n) is 3.37. The highest BCUT2D eigenvalue weighted by Crippen LogP contribution is 2.34. The highest BCUT2D eigenvalue weighted by atomic mass is 16.2. The van der Waals surface area contributed by atoms with Crippen molar-refractivity contribution in [2.24, 2.45) is 0 Å². The first kappa shape index (κ1) is 17.7. The van der Waals surface area contributed by atoms with Gasteiger partial charge in [0.2, 0.25) is 0 Å². The lowest BCUT2D eigenvalue weighted by Crippen LogP contribution is -2.32. The molecule has 4 heteroatoms. The van der Waals surface area contributed by atoms with Crippen LogP contribution in [0.15, 0.2) is 84.6 Å². The van der Waals surface area contributed by atoms with Gasteiger partial charge in [-0.1, -0.05) is 60.7 Å². The average molecular weight is 368 g/mol. The molecule has 0 spiro atoms. The van der Waals surface area contributed by atoms with Gasteiger partial charge in [-0.15, -0.1) is 0 Å². The number of benzene rings is 3. The molecule has 2 amide bonds. The van der Waals surface area contributed by atoms with Crippen LogP contribution in [0.5, 0.6) is 0 Å². The first-order valence-corrected chi connectivity index (χ1v) is 9.14. The van der Waals surface area contributed by atoms with Gasteiger partial charge in [0.25, 0.3) is 11.8 Å². The van der Waals surface area contributed by atoms with Gasteiger partial charge in [0.05, 0.1) is 11.3 Å². The molecule has 1 aliphatic rings. The summed E-state index contributed by atoms with van der Waals surface area (Å²) in [5.41, 5.74) is 4.76. The van der Waals surface area contributed by atoms with E-state index in [4.69, 9.17) is 0 Å². The zero-order valence-electron chi connectivity index (χ0n) is 15.8. The molecule has 0 atom stereocenters. The molecule has 0 aliphatic carbocycles. The molecule has 1 heterocycles. The summed E-state index contributed by atoms with van der Waals surface area (Å²) in [7, 11) is 0. The van der Waals surface area contributed by atoms with Crippen molar-refractivity contribution in [3.63, 3.8) is 0 Å². The number of hydrogen-bond donors (Lipinski definition) is 1. The van der Waals surface area contributed by atoms with Crippen LogP contribution in [0.3, 0.4) is 0 Å². The third kappa shape index (κ3) is 3.09. The standard InChI is InChI=1S/C24H20N2O2/c1-16-9-8-13-19(15-16)26-23(27)21(18-11-4-3-5-12-18)22(24(26)28)25-20-14-7-6-10-17(20)2/h3-15,25H,1-2H3. The molecular formula is C24H20N2O2. The molecule has 3 aromatic rings. The zero-order chi connectivity index (χ0) is 19.7. The monoisotopic (exact) mass is 368 g/mol. The molecule has 0 fully saturated rings. The fraction of sp³-hybridized carbons (Fsp3) is 0.0833. The van der Waals surface area contributed by atoms with E-state index < -0.39 is 0 Å². The maximum absolute atomic E-state index is 13.3. The van der Waals surface area contributed by atoms with E-state index in [1.54, 1.807) is 6.07 Å². The summed E-state index contributed by atoms with van der Waals surface area (Å²) in [6, 6.07) is 24.4. The molecule has 0 saturated carbocycles. The van der Waals surface area contributed by atoms with E-state index in [-0.39, 0.29) is 11.8 Å². The maximum Gasteiger partial charge on any atom is 0.282 e. The highest BCUT2D eigenvalue weighted by molar-refractivity contribution is 6.46. The van der Waals surface area contributed by atoms with Gasteiger partial charge in [-0.3, -0.25) is 9.59 Å². The van der Waals surface area contributed by atoms with Crippen molar-refractivity contribution < 1.29 is 9.59 Å². The van der Waals surface area contributed by atoms with E-state index in [1.807, 2.05) is 86.6 Å². The van der Waals surface area contributed by atoms with Crippen LogP contribution in [-0.4, -0.2) is 11.8 Å². The molecule has 0 radical (unpaired) electrons. The Balaban J connectivity index is 1.84. The Morgan fingerprint density at radius 2 is 1.46 bits per heavy atom. The molecule has 4 nitrogen and oxygen atoms in total. The largest absolute Gasteiger partial charge is 0.350 e. The highest BCUT2D eigenvalue weighted by Gasteiger charge is 2.40. The second kappa shape index (κ2) is 7.16. The third-order valence-corrected chi connectivity index (χ3v) is 4.81. The third-order valence-electron chi connectivity index (χ3n) is 4.81. The van der Waals surface area contributed by atoms with Crippen LogP contribution >= 0.6 is 0 Å². The van der Waals surface area contributed by atoms with Gasteiger partial charge in [0.1, 0.15) is 5.70 Å². The van der Waals surface area contributed by atoms with Gasteiger partial charge < -0.3 is 5.32 Å². The number of anilines is 2. The van der Waals surface area contributed by atoms with Gasteiger partial charge in [-0.2, -0.15) is 0 Å². The number of aryl methyl sites for hydroxylation is 2. The molecule has 4 rings (SSSR count). The lowest BCUT2D eigenvalue weighted by atomic mass is 10.0. The van der Waals surface area contributed by atoms with Crippen molar-refractivity contribution in [2.75, 3.05) is 10.2 Å². The summed E-state index contributed by atoms with van der Waals surface area (Å²) < 4.78 is 0. The van der Waals surface area contributed by atoms with E-state index in [2.05, 4.69) is 5.32 Å². The lowest BCUT2D eigenvalue weighted by molar-refractivity contribution is -0.120. The van der Waals surface area contributed by atoms with Gasteiger partial charge in [0, 0.05) is 5.69 Å². The molecule has 0 unspecified atom stereocenters. The average Bonchev–Trinajstić information content (AvgIpc) is 2.94. The van der Waals surface area contributed by atoms with E-state index in [1.165, 1.54) is 4.90 Å². The van der Waals surface area contributed by atoms with E-state index in [9.17, 15) is 9.59 Å². The van der Waals surface area contributed by atoms with Gasteiger partial charge in [-0.05, 0) is 48.7 Å². The molecule has 28 heavy (non-hydrogen) atoms. The van der Waals surface area contributed by atoms with Crippen molar-refractivity contribution in [3.8, 4) is 0 Å². The number of carbonyl (C=O) groups excluding carboxylic acids is 2. The first-order valence-electron chi connectivity index (χ1n) is 9.14. The van der Waals surface area contributed by atoms with Crippen LogP contribution in [0.4, 0.5) is 11.4 Å². The number of para-hydroxylation sites is 1. The summed E-state index contributed by atoms with van der Waals surface area (Å²) in [4.78, 5) is 27.9. The number of hydrogen-bond acceptors (Lipinski definition) is 3. The molecule has 138 valence electrons. The van der Waals surface area contributed by atoms with Crippen LogP contribution in [0, 0.1) is 13.8 Å². The van der Waals surface area contributed by atoms with Gasteiger partial charge in [-0.25, -0.2) is 4.90 Å². The van der Waals surface area contributed by atoms with Crippen molar-refractivity contribution in [1.29, 1.82) is 0 Å². The van der Waals surface area contributed by atoms with Crippen LogP contribution in [0.25, 0.3) is 5.57 Å². The van der Waals surface area contributed by atoms with Crippen LogP contribution in [0.2, 0.25) is 0 Å². The second-order valence-electron chi connectivity index (χ2n) is 6.84. The number of nitrogens with one attached hydrogen (secondary N) is 1. The predicted octanol–water partition coefficient (Wildman–Crippen LogP) is 4.70. The summed E-state index contributed by atoms with van der Waals surface area (Å²) >= 11 is 0. The van der Waals surface area contributed by atoms with Crippen molar-refractivity contribution in [3.05, 3.63) is 101 Å². The first-order chi connectivity index (χ1) is 13.6. The quantitative estimate of drug-likeness (QED) is 0.679. The van der Waals surface area contributed by atoms with Crippen LogP contribution < -0.4 is 10.2 Å².